The van der Waals surface area contributed by atoms with E-state index in [0.717, 1.165) is 5.56 Å². The smallest absolute Gasteiger partial charge is 0.231 e. The second kappa shape index (κ2) is 3.81. The number of hydrogen-bond donors (Lipinski definition) is 0. The fraction of sp³-hybridized carbons (Fsp3) is 0.455. The van der Waals surface area contributed by atoms with E-state index >= 15 is 0 Å². The lowest BCUT2D eigenvalue weighted by atomic mass is 10.0. The van der Waals surface area contributed by atoms with Gasteiger partial charge in [-0.05, 0) is 5.92 Å². The Labute approximate surface area is 93.9 Å². The molecule has 0 bridgehead atoms. The van der Waals surface area contributed by atoms with Crippen LogP contribution in [-0.4, -0.2) is 13.9 Å². The molecule has 0 radical (unpaired) electrons. The Hall–Kier alpha value is -1.09. The highest BCUT2D eigenvalue weighted by atomic mass is 35.5. The van der Waals surface area contributed by atoms with Crippen molar-refractivity contribution in [1.82, 2.24) is 0 Å². The van der Waals surface area contributed by atoms with Gasteiger partial charge in [-0.3, -0.25) is 0 Å². The Balaban J connectivity index is 2.64. The Bertz CT molecular complexity index is 388. The van der Waals surface area contributed by atoms with Gasteiger partial charge in [0.1, 0.15) is 0 Å². The van der Waals surface area contributed by atoms with E-state index in [9.17, 15) is 0 Å². The summed E-state index contributed by atoms with van der Waals surface area (Å²) < 4.78 is 16.0. The maximum Gasteiger partial charge on any atom is 0.231 e. The van der Waals surface area contributed by atoms with Crippen LogP contribution in [0.2, 0.25) is 5.02 Å². The normalized spacial score (nSPS) is 13.4. The molecule has 1 heterocycles. The third-order valence-electron chi connectivity index (χ3n) is 2.39. The molecule has 1 aromatic rings. The maximum atomic E-state index is 6.17. The van der Waals surface area contributed by atoms with Crippen LogP contribution in [-0.2, 0) is 0 Å². The molecule has 3 nitrogen and oxygen atoms in total. The Morgan fingerprint density at radius 1 is 1.40 bits per heavy atom. The first kappa shape index (κ1) is 10.4. The minimum atomic E-state index is 0.226. The summed E-state index contributed by atoms with van der Waals surface area (Å²) in [4.78, 5) is 0. The highest BCUT2D eigenvalue weighted by Crippen LogP contribution is 2.48. The van der Waals surface area contributed by atoms with E-state index in [1.54, 1.807) is 13.2 Å². The quantitative estimate of drug-likeness (QED) is 0.778. The Morgan fingerprint density at radius 2 is 2.13 bits per heavy atom. The lowest BCUT2D eigenvalue weighted by Crippen LogP contribution is -1.97. The first-order valence-corrected chi connectivity index (χ1v) is 5.19. The van der Waals surface area contributed by atoms with E-state index in [1.165, 1.54) is 0 Å². The predicted octanol–water partition coefficient (Wildman–Crippen LogP) is 3.20. The Kier molecular flexibility index (Phi) is 2.65. The molecule has 1 aliphatic rings. The minimum absolute atomic E-state index is 0.226. The minimum Gasteiger partial charge on any atom is -0.492 e. The maximum absolute atomic E-state index is 6.17. The van der Waals surface area contributed by atoms with E-state index in [0.29, 0.717) is 22.3 Å². The third-order valence-corrected chi connectivity index (χ3v) is 2.70. The summed E-state index contributed by atoms with van der Waals surface area (Å²) in [5.41, 5.74) is 0.961. The van der Waals surface area contributed by atoms with Crippen LogP contribution in [0.25, 0.3) is 0 Å². The molecule has 1 aliphatic heterocycles. The lowest BCUT2D eigenvalue weighted by Gasteiger charge is -2.15. The molecular weight excluding hydrogens is 216 g/mol. The summed E-state index contributed by atoms with van der Waals surface area (Å²) in [5.74, 6) is 2.28. The molecule has 0 fully saturated rings. The zero-order valence-electron chi connectivity index (χ0n) is 8.96. The topological polar surface area (TPSA) is 27.7 Å². The first-order valence-electron chi connectivity index (χ1n) is 4.81. The molecule has 82 valence electrons. The fourth-order valence-corrected chi connectivity index (χ4v) is 2.14. The molecule has 0 aliphatic carbocycles. The Morgan fingerprint density at radius 3 is 2.73 bits per heavy atom. The first-order chi connectivity index (χ1) is 7.15. The zero-order chi connectivity index (χ0) is 11.0. The van der Waals surface area contributed by atoms with E-state index in [-0.39, 0.29) is 12.7 Å². The van der Waals surface area contributed by atoms with Crippen LogP contribution in [0, 0.1) is 0 Å². The number of methoxy groups -OCH3 is 1. The van der Waals surface area contributed by atoms with Crippen LogP contribution in [0.5, 0.6) is 17.2 Å². The van der Waals surface area contributed by atoms with Crippen molar-refractivity contribution in [3.63, 3.8) is 0 Å². The van der Waals surface area contributed by atoms with Gasteiger partial charge in [0, 0.05) is 11.6 Å². The van der Waals surface area contributed by atoms with Crippen molar-refractivity contribution in [3.05, 3.63) is 16.7 Å². The number of halogens is 1. The van der Waals surface area contributed by atoms with Gasteiger partial charge in [-0.2, -0.15) is 0 Å². The standard InChI is InChI=1S/C11H13ClO3/c1-6(2)9-7(12)4-8-10(11(9)13-3)15-5-14-8/h4,6H,5H2,1-3H3. The molecule has 15 heavy (non-hydrogen) atoms. The molecule has 0 unspecified atom stereocenters. The highest BCUT2D eigenvalue weighted by Gasteiger charge is 2.25. The van der Waals surface area contributed by atoms with E-state index in [2.05, 4.69) is 13.8 Å². The van der Waals surface area contributed by atoms with Crippen LogP contribution >= 0.6 is 11.6 Å². The van der Waals surface area contributed by atoms with E-state index in [1.807, 2.05) is 0 Å². The van der Waals surface area contributed by atoms with Gasteiger partial charge in [0.05, 0.1) is 12.1 Å². The van der Waals surface area contributed by atoms with Crippen molar-refractivity contribution in [3.8, 4) is 17.2 Å². The third kappa shape index (κ3) is 1.61. The highest BCUT2D eigenvalue weighted by molar-refractivity contribution is 6.32. The molecule has 0 saturated heterocycles. The molecule has 0 amide bonds. The average molecular weight is 229 g/mol. The number of rotatable bonds is 2. The molecule has 0 aromatic heterocycles. The summed E-state index contributed by atoms with van der Waals surface area (Å²) >= 11 is 6.17. The van der Waals surface area contributed by atoms with Gasteiger partial charge in [0.2, 0.25) is 12.5 Å². The summed E-state index contributed by atoms with van der Waals surface area (Å²) in [7, 11) is 1.61. The van der Waals surface area contributed by atoms with Crippen molar-refractivity contribution >= 4 is 11.6 Å². The lowest BCUT2D eigenvalue weighted by molar-refractivity contribution is 0.171. The molecule has 0 N–H and O–H groups in total. The average Bonchev–Trinajstić information content (AvgIpc) is 2.62. The van der Waals surface area contributed by atoms with Gasteiger partial charge in [0.25, 0.3) is 0 Å². The van der Waals surface area contributed by atoms with Gasteiger partial charge in [-0.1, -0.05) is 25.4 Å². The van der Waals surface area contributed by atoms with E-state index in [4.69, 9.17) is 25.8 Å². The molecule has 0 atom stereocenters. The van der Waals surface area contributed by atoms with Crippen LogP contribution < -0.4 is 14.2 Å². The van der Waals surface area contributed by atoms with Crippen molar-refractivity contribution in [2.45, 2.75) is 19.8 Å². The van der Waals surface area contributed by atoms with Crippen molar-refractivity contribution in [1.29, 1.82) is 0 Å². The van der Waals surface area contributed by atoms with Crippen LogP contribution in [0.1, 0.15) is 25.3 Å². The summed E-state index contributed by atoms with van der Waals surface area (Å²) in [6, 6.07) is 1.78. The van der Waals surface area contributed by atoms with Gasteiger partial charge in [-0.15, -0.1) is 0 Å². The summed E-state index contributed by atoms with van der Waals surface area (Å²) in [6.45, 7) is 4.35. The second-order valence-corrected chi connectivity index (χ2v) is 4.10. The summed E-state index contributed by atoms with van der Waals surface area (Å²) in [5, 5.41) is 0.658. The molecule has 1 aromatic carbocycles. The number of hydrogen-bond acceptors (Lipinski definition) is 3. The SMILES string of the molecule is COc1c2c(cc(Cl)c1C(C)C)OCO2. The van der Waals surface area contributed by atoms with Crippen molar-refractivity contribution in [2.75, 3.05) is 13.9 Å². The molecule has 0 saturated carbocycles. The molecule has 4 heteroatoms. The molecule has 2 rings (SSSR count). The molecule has 0 spiro atoms. The number of ether oxygens (including phenoxy) is 3. The van der Waals surface area contributed by atoms with Gasteiger partial charge >= 0.3 is 0 Å². The monoisotopic (exact) mass is 228 g/mol. The zero-order valence-corrected chi connectivity index (χ0v) is 9.72. The van der Waals surface area contributed by atoms with Crippen molar-refractivity contribution < 1.29 is 14.2 Å². The predicted molar refractivity (Wildman–Crippen MR) is 58.2 cm³/mol. The second-order valence-electron chi connectivity index (χ2n) is 3.69. The van der Waals surface area contributed by atoms with Crippen molar-refractivity contribution in [2.24, 2.45) is 0 Å². The van der Waals surface area contributed by atoms with Gasteiger partial charge < -0.3 is 14.2 Å². The van der Waals surface area contributed by atoms with Crippen LogP contribution in [0.3, 0.4) is 0 Å². The van der Waals surface area contributed by atoms with Gasteiger partial charge in [-0.25, -0.2) is 0 Å². The van der Waals surface area contributed by atoms with Crippen LogP contribution in [0.15, 0.2) is 6.07 Å². The van der Waals surface area contributed by atoms with E-state index < -0.39 is 0 Å². The van der Waals surface area contributed by atoms with Gasteiger partial charge in [0.15, 0.2) is 11.5 Å². The number of benzene rings is 1. The molecular formula is C11H13ClO3. The fourth-order valence-electron chi connectivity index (χ4n) is 1.74. The largest absolute Gasteiger partial charge is 0.492 e. The number of fused-ring (bicyclic) bond motifs is 1. The van der Waals surface area contributed by atoms with Crippen LogP contribution in [0.4, 0.5) is 0 Å². The summed E-state index contributed by atoms with van der Waals surface area (Å²) in [6.07, 6.45) is 0.